The van der Waals surface area contributed by atoms with Crippen molar-refractivity contribution < 1.29 is 27.4 Å². The van der Waals surface area contributed by atoms with Gasteiger partial charge in [-0.3, -0.25) is 4.79 Å². The summed E-state index contributed by atoms with van der Waals surface area (Å²) in [5.41, 5.74) is 2.01. The number of hydrogen-bond donors (Lipinski definition) is 1. The fraction of sp³-hybridized carbons (Fsp3) is 0.435. The molecule has 1 aliphatic heterocycles. The van der Waals surface area contributed by atoms with Gasteiger partial charge in [0, 0.05) is 31.2 Å². The van der Waals surface area contributed by atoms with Gasteiger partial charge in [-0.15, -0.1) is 0 Å². The fourth-order valence-electron chi connectivity index (χ4n) is 4.34. The smallest absolute Gasteiger partial charge is 0.322 e. The maximum Gasteiger partial charge on any atom is 0.322 e. The molecule has 0 fully saturated rings. The van der Waals surface area contributed by atoms with Crippen molar-refractivity contribution in [2.75, 3.05) is 31.8 Å². The first kappa shape index (κ1) is 25.4. The molecule has 0 aromatic heterocycles. The number of methoxy groups -OCH3 is 1. The Bertz CT molecular complexity index is 1160. The molecule has 3 rings (SSSR count). The van der Waals surface area contributed by atoms with Crippen molar-refractivity contribution in [2.45, 2.75) is 44.0 Å². The van der Waals surface area contributed by atoms with Crippen LogP contribution in [0.5, 0.6) is 0 Å². The molecule has 2 aromatic rings. The van der Waals surface area contributed by atoms with Crippen LogP contribution in [0.25, 0.3) is 0 Å². The number of carboxylic acid groups (broad SMARTS) is 1. The molecule has 2 aromatic carbocycles. The molecule has 10 heteroatoms. The Hall–Kier alpha value is -2.20. The van der Waals surface area contributed by atoms with Crippen molar-refractivity contribution in [3.8, 4) is 0 Å². The highest BCUT2D eigenvalue weighted by Crippen LogP contribution is 2.39. The maximum atomic E-state index is 14.8. The highest BCUT2D eigenvalue weighted by atomic mass is 35.5. The number of aryl methyl sites for hydroxylation is 1. The van der Waals surface area contributed by atoms with Crippen molar-refractivity contribution >= 4 is 33.3 Å². The minimum atomic E-state index is -4.20. The molecule has 180 valence electrons. The number of anilines is 1. The minimum absolute atomic E-state index is 0.0320. The number of benzene rings is 2. The van der Waals surface area contributed by atoms with E-state index in [4.69, 9.17) is 16.3 Å². The molecule has 1 aliphatic rings. The van der Waals surface area contributed by atoms with Gasteiger partial charge in [-0.25, -0.2) is 12.8 Å². The van der Waals surface area contributed by atoms with Crippen molar-refractivity contribution in [3.05, 3.63) is 57.9 Å². The van der Waals surface area contributed by atoms with Crippen LogP contribution < -0.4 is 4.90 Å². The Labute approximate surface area is 198 Å². The Balaban J connectivity index is 2.12. The van der Waals surface area contributed by atoms with E-state index in [0.29, 0.717) is 35.8 Å². The quantitative estimate of drug-likeness (QED) is 0.550. The zero-order valence-corrected chi connectivity index (χ0v) is 20.6. The summed E-state index contributed by atoms with van der Waals surface area (Å²) in [6.07, 6.45) is 0.593. The van der Waals surface area contributed by atoms with Crippen LogP contribution in [0.15, 0.2) is 35.2 Å². The lowest BCUT2D eigenvalue weighted by Gasteiger charge is -2.41. The van der Waals surface area contributed by atoms with Crippen LogP contribution in [0.3, 0.4) is 0 Å². The largest absolute Gasteiger partial charge is 0.480 e. The van der Waals surface area contributed by atoms with E-state index in [1.807, 2.05) is 0 Å². The highest BCUT2D eigenvalue weighted by molar-refractivity contribution is 7.89. The zero-order chi connectivity index (χ0) is 24.5. The SMILES string of the molecule is COCCCN1CN(C(C(=O)O)C(C)c2c(F)ccc(C)c2C)S(=O)(=O)c2ccc(Cl)cc21. The van der Waals surface area contributed by atoms with E-state index in [1.54, 1.807) is 44.9 Å². The van der Waals surface area contributed by atoms with Gasteiger partial charge < -0.3 is 14.7 Å². The molecule has 1 N–H and O–H groups in total. The van der Waals surface area contributed by atoms with Crippen LogP contribution in [-0.4, -0.2) is 56.8 Å². The third kappa shape index (κ3) is 4.87. The second-order valence-electron chi connectivity index (χ2n) is 8.23. The van der Waals surface area contributed by atoms with Crippen LogP contribution in [-0.2, 0) is 19.6 Å². The average Bonchev–Trinajstić information content (AvgIpc) is 2.74. The lowest BCUT2D eigenvalue weighted by Crippen LogP contribution is -2.55. The molecular weight excluding hydrogens is 471 g/mol. The van der Waals surface area contributed by atoms with Gasteiger partial charge in [0.05, 0.1) is 12.4 Å². The molecule has 0 amide bonds. The molecule has 2 atom stereocenters. The standard InChI is InChI=1S/C23H28ClFN2O5S/c1-14-6-8-18(25)21(15(14)2)16(3)22(23(28)29)27-13-26(10-5-11-32-4)19-12-17(24)7-9-20(19)33(27,30)31/h6-9,12,16,22H,5,10-11,13H2,1-4H3,(H,28,29). The molecule has 2 unspecified atom stereocenters. The van der Waals surface area contributed by atoms with Gasteiger partial charge in [-0.1, -0.05) is 24.6 Å². The van der Waals surface area contributed by atoms with Gasteiger partial charge in [0.2, 0.25) is 10.0 Å². The lowest BCUT2D eigenvalue weighted by atomic mass is 9.87. The molecule has 0 aliphatic carbocycles. The molecule has 0 bridgehead atoms. The lowest BCUT2D eigenvalue weighted by molar-refractivity contribution is -0.142. The summed E-state index contributed by atoms with van der Waals surface area (Å²) < 4.78 is 48.1. The number of sulfonamides is 1. The minimum Gasteiger partial charge on any atom is -0.480 e. The van der Waals surface area contributed by atoms with E-state index >= 15 is 0 Å². The number of aliphatic carboxylic acids is 1. The van der Waals surface area contributed by atoms with Gasteiger partial charge in [0.1, 0.15) is 16.8 Å². The molecule has 33 heavy (non-hydrogen) atoms. The number of carboxylic acids is 1. The van der Waals surface area contributed by atoms with Crippen molar-refractivity contribution in [2.24, 2.45) is 0 Å². The van der Waals surface area contributed by atoms with E-state index in [2.05, 4.69) is 0 Å². The van der Waals surface area contributed by atoms with Crippen LogP contribution in [0, 0.1) is 19.7 Å². The fourth-order valence-corrected chi connectivity index (χ4v) is 6.31. The number of hydrogen-bond acceptors (Lipinski definition) is 5. The topological polar surface area (TPSA) is 87.2 Å². The number of ether oxygens (including phenoxy) is 1. The maximum absolute atomic E-state index is 14.8. The zero-order valence-electron chi connectivity index (χ0n) is 19.0. The predicted octanol–water partition coefficient (Wildman–Crippen LogP) is 4.16. The van der Waals surface area contributed by atoms with Crippen molar-refractivity contribution in [1.82, 2.24) is 4.31 Å². The first-order valence-corrected chi connectivity index (χ1v) is 12.4. The first-order valence-electron chi connectivity index (χ1n) is 10.5. The summed E-state index contributed by atoms with van der Waals surface area (Å²) in [7, 11) is -2.63. The molecule has 0 spiro atoms. The molecule has 0 saturated carbocycles. The Morgan fingerprint density at radius 1 is 1.27 bits per heavy atom. The summed E-state index contributed by atoms with van der Waals surface area (Å²) >= 11 is 6.13. The summed E-state index contributed by atoms with van der Waals surface area (Å²) in [4.78, 5) is 14.2. The van der Waals surface area contributed by atoms with E-state index in [0.717, 1.165) is 9.87 Å². The van der Waals surface area contributed by atoms with E-state index in [9.17, 15) is 22.7 Å². The van der Waals surface area contributed by atoms with Crippen molar-refractivity contribution in [1.29, 1.82) is 0 Å². The number of rotatable bonds is 8. The second kappa shape index (κ2) is 9.97. The van der Waals surface area contributed by atoms with E-state index in [1.165, 1.54) is 18.2 Å². The third-order valence-corrected chi connectivity index (χ3v) is 8.26. The van der Waals surface area contributed by atoms with Gasteiger partial charge in [-0.2, -0.15) is 4.31 Å². The van der Waals surface area contributed by atoms with Gasteiger partial charge in [0.25, 0.3) is 0 Å². The second-order valence-corrected chi connectivity index (χ2v) is 10.5. The highest BCUT2D eigenvalue weighted by Gasteiger charge is 2.45. The van der Waals surface area contributed by atoms with Gasteiger partial charge >= 0.3 is 5.97 Å². The van der Waals surface area contributed by atoms with Crippen LogP contribution in [0.1, 0.15) is 36.0 Å². The summed E-state index contributed by atoms with van der Waals surface area (Å²) in [5.74, 6) is -2.84. The van der Waals surface area contributed by atoms with Crippen LogP contribution in [0.2, 0.25) is 5.02 Å². The Morgan fingerprint density at radius 2 is 1.97 bits per heavy atom. The number of halogens is 2. The van der Waals surface area contributed by atoms with Gasteiger partial charge in [-0.05, 0) is 61.2 Å². The first-order chi connectivity index (χ1) is 15.5. The molecular formula is C23H28ClFN2O5S. The van der Waals surface area contributed by atoms with Crippen LogP contribution >= 0.6 is 11.6 Å². The summed E-state index contributed by atoms with van der Waals surface area (Å²) in [6, 6.07) is 5.78. The number of fused-ring (bicyclic) bond motifs is 1. The van der Waals surface area contributed by atoms with Gasteiger partial charge in [0.15, 0.2) is 0 Å². The van der Waals surface area contributed by atoms with Crippen LogP contribution in [0.4, 0.5) is 10.1 Å². The predicted molar refractivity (Wildman–Crippen MR) is 125 cm³/mol. The average molecular weight is 499 g/mol. The molecule has 0 radical (unpaired) electrons. The van der Waals surface area contributed by atoms with E-state index in [-0.39, 0.29) is 17.1 Å². The summed E-state index contributed by atoms with van der Waals surface area (Å²) in [5, 5.41) is 10.5. The Kier molecular flexibility index (Phi) is 7.68. The molecule has 7 nitrogen and oxygen atoms in total. The monoisotopic (exact) mass is 498 g/mol. The Morgan fingerprint density at radius 3 is 2.61 bits per heavy atom. The molecule has 0 saturated heterocycles. The van der Waals surface area contributed by atoms with Crippen molar-refractivity contribution in [3.63, 3.8) is 0 Å². The molecule has 1 heterocycles. The summed E-state index contributed by atoms with van der Waals surface area (Å²) in [6.45, 7) is 5.73. The number of carbonyl (C=O) groups is 1. The number of nitrogens with zero attached hydrogens (tertiary/aromatic N) is 2. The normalized spacial score (nSPS) is 17.5. The van der Waals surface area contributed by atoms with E-state index < -0.39 is 33.8 Å². The third-order valence-electron chi connectivity index (χ3n) is 6.16.